The van der Waals surface area contributed by atoms with Gasteiger partial charge in [0.15, 0.2) is 0 Å². The van der Waals surface area contributed by atoms with Gasteiger partial charge >= 0.3 is 0 Å². The highest BCUT2D eigenvalue weighted by molar-refractivity contribution is 6.31. The minimum Gasteiger partial charge on any atom is -0.337 e. The summed E-state index contributed by atoms with van der Waals surface area (Å²) in [5, 5.41) is 4.30. The van der Waals surface area contributed by atoms with E-state index in [1.165, 1.54) is 5.56 Å². The molecule has 0 aliphatic carbocycles. The molecule has 0 aliphatic rings. The van der Waals surface area contributed by atoms with Gasteiger partial charge in [0.1, 0.15) is 5.82 Å². The van der Waals surface area contributed by atoms with Crippen molar-refractivity contribution in [3.05, 3.63) is 53.1 Å². The molecule has 0 bridgehead atoms. The summed E-state index contributed by atoms with van der Waals surface area (Å²) >= 11 is 6.15. The number of halogens is 1. The Morgan fingerprint density at radius 3 is 2.83 bits per heavy atom. The number of aromatic nitrogens is 2. The van der Waals surface area contributed by atoms with E-state index in [0.29, 0.717) is 6.04 Å². The van der Waals surface area contributed by atoms with Crippen LogP contribution < -0.4 is 5.32 Å². The highest BCUT2D eigenvalue weighted by atomic mass is 35.5. The van der Waals surface area contributed by atoms with Crippen molar-refractivity contribution in [2.75, 3.05) is 0 Å². The van der Waals surface area contributed by atoms with Gasteiger partial charge in [0.05, 0.1) is 6.54 Å². The Morgan fingerprint density at radius 1 is 1.39 bits per heavy atom. The van der Waals surface area contributed by atoms with Gasteiger partial charge in [0, 0.05) is 30.5 Å². The third kappa shape index (κ3) is 3.34. The van der Waals surface area contributed by atoms with Crippen LogP contribution in [0.4, 0.5) is 0 Å². The van der Waals surface area contributed by atoms with Gasteiger partial charge in [-0.3, -0.25) is 0 Å². The van der Waals surface area contributed by atoms with Crippen molar-refractivity contribution in [2.24, 2.45) is 7.05 Å². The summed E-state index contributed by atoms with van der Waals surface area (Å²) in [6.45, 7) is 2.93. The number of nitrogens with zero attached hydrogens (tertiary/aromatic N) is 2. The molecule has 1 N–H and O–H groups in total. The first kappa shape index (κ1) is 13.1. The first-order valence-electron chi connectivity index (χ1n) is 6.10. The topological polar surface area (TPSA) is 29.9 Å². The number of hydrogen-bond acceptors (Lipinski definition) is 2. The summed E-state index contributed by atoms with van der Waals surface area (Å²) in [4.78, 5) is 4.29. The van der Waals surface area contributed by atoms with Crippen LogP contribution in [0.2, 0.25) is 5.02 Å². The van der Waals surface area contributed by atoms with Crippen LogP contribution in [0.15, 0.2) is 36.7 Å². The third-order valence-corrected chi connectivity index (χ3v) is 3.38. The molecule has 18 heavy (non-hydrogen) atoms. The number of hydrogen-bond donors (Lipinski definition) is 1. The van der Waals surface area contributed by atoms with Gasteiger partial charge < -0.3 is 9.88 Å². The zero-order chi connectivity index (χ0) is 13.0. The minimum atomic E-state index is 0.363. The molecule has 1 unspecified atom stereocenters. The fraction of sp³-hybridized carbons (Fsp3) is 0.357. The first-order chi connectivity index (χ1) is 8.66. The molecule has 0 aliphatic heterocycles. The molecule has 96 valence electrons. The summed E-state index contributed by atoms with van der Waals surface area (Å²) in [6, 6.07) is 8.34. The van der Waals surface area contributed by atoms with E-state index in [1.54, 1.807) is 0 Å². The van der Waals surface area contributed by atoms with Gasteiger partial charge in [0.2, 0.25) is 0 Å². The second-order valence-electron chi connectivity index (χ2n) is 4.53. The van der Waals surface area contributed by atoms with Crippen LogP contribution in [0, 0.1) is 0 Å². The molecule has 0 amide bonds. The SMILES string of the molecule is CC(Cc1ccccc1Cl)NCc1nccn1C. The van der Waals surface area contributed by atoms with Crippen molar-refractivity contribution in [3.63, 3.8) is 0 Å². The molecular formula is C14H18ClN3. The Balaban J connectivity index is 1.88. The normalized spacial score (nSPS) is 12.6. The summed E-state index contributed by atoms with van der Waals surface area (Å²) in [6.07, 6.45) is 4.69. The lowest BCUT2D eigenvalue weighted by Gasteiger charge is -2.14. The van der Waals surface area contributed by atoms with Crippen LogP contribution >= 0.6 is 11.6 Å². The fourth-order valence-electron chi connectivity index (χ4n) is 1.90. The van der Waals surface area contributed by atoms with Crippen molar-refractivity contribution < 1.29 is 0 Å². The van der Waals surface area contributed by atoms with E-state index in [9.17, 15) is 0 Å². The zero-order valence-electron chi connectivity index (χ0n) is 10.7. The van der Waals surface area contributed by atoms with E-state index in [4.69, 9.17) is 11.6 Å². The van der Waals surface area contributed by atoms with Gasteiger partial charge in [-0.2, -0.15) is 0 Å². The van der Waals surface area contributed by atoms with E-state index in [-0.39, 0.29) is 0 Å². The predicted octanol–water partition coefficient (Wildman–Crippen LogP) is 2.79. The largest absolute Gasteiger partial charge is 0.337 e. The van der Waals surface area contributed by atoms with Gasteiger partial charge in [-0.1, -0.05) is 29.8 Å². The van der Waals surface area contributed by atoms with Crippen molar-refractivity contribution in [1.82, 2.24) is 14.9 Å². The van der Waals surface area contributed by atoms with Gasteiger partial charge in [-0.05, 0) is 25.0 Å². The Labute approximate surface area is 113 Å². The molecule has 1 aromatic carbocycles. The van der Waals surface area contributed by atoms with E-state index < -0.39 is 0 Å². The Hall–Kier alpha value is -1.32. The van der Waals surface area contributed by atoms with Crippen molar-refractivity contribution in [1.29, 1.82) is 0 Å². The quantitative estimate of drug-likeness (QED) is 0.899. The lowest BCUT2D eigenvalue weighted by Crippen LogP contribution is -2.28. The highest BCUT2D eigenvalue weighted by Crippen LogP contribution is 2.16. The van der Waals surface area contributed by atoms with E-state index in [0.717, 1.165) is 23.8 Å². The summed E-state index contributed by atoms with van der Waals surface area (Å²) < 4.78 is 2.02. The Bertz CT molecular complexity index is 507. The van der Waals surface area contributed by atoms with E-state index in [1.807, 2.05) is 42.2 Å². The smallest absolute Gasteiger partial charge is 0.122 e. The summed E-state index contributed by atoms with van der Waals surface area (Å²) in [5.41, 5.74) is 1.18. The van der Waals surface area contributed by atoms with Crippen LogP contribution in [0.5, 0.6) is 0 Å². The number of aryl methyl sites for hydroxylation is 1. The second kappa shape index (κ2) is 6.03. The molecule has 3 nitrogen and oxygen atoms in total. The molecular weight excluding hydrogens is 246 g/mol. The number of rotatable bonds is 5. The second-order valence-corrected chi connectivity index (χ2v) is 4.94. The van der Waals surface area contributed by atoms with Crippen LogP contribution in [0.1, 0.15) is 18.3 Å². The molecule has 1 atom stereocenters. The van der Waals surface area contributed by atoms with Crippen LogP contribution in [-0.2, 0) is 20.0 Å². The number of nitrogens with one attached hydrogen (secondary N) is 1. The van der Waals surface area contributed by atoms with Crippen LogP contribution in [0.25, 0.3) is 0 Å². The minimum absolute atomic E-state index is 0.363. The van der Waals surface area contributed by atoms with Gasteiger partial charge in [-0.15, -0.1) is 0 Å². The first-order valence-corrected chi connectivity index (χ1v) is 6.47. The van der Waals surface area contributed by atoms with E-state index in [2.05, 4.69) is 23.3 Å². The standard InChI is InChI=1S/C14H18ClN3/c1-11(9-12-5-3-4-6-13(12)15)17-10-14-16-7-8-18(14)2/h3-8,11,17H,9-10H2,1-2H3. The highest BCUT2D eigenvalue weighted by Gasteiger charge is 2.07. The van der Waals surface area contributed by atoms with Crippen molar-refractivity contribution >= 4 is 11.6 Å². The molecule has 0 fully saturated rings. The molecule has 0 saturated carbocycles. The predicted molar refractivity (Wildman–Crippen MR) is 74.7 cm³/mol. The summed E-state index contributed by atoms with van der Waals surface area (Å²) in [7, 11) is 2.00. The van der Waals surface area contributed by atoms with Crippen LogP contribution in [0.3, 0.4) is 0 Å². The average Bonchev–Trinajstić information content (AvgIpc) is 2.75. The van der Waals surface area contributed by atoms with Crippen molar-refractivity contribution in [2.45, 2.75) is 25.9 Å². The van der Waals surface area contributed by atoms with Gasteiger partial charge in [0.25, 0.3) is 0 Å². The maximum absolute atomic E-state index is 6.15. The maximum Gasteiger partial charge on any atom is 0.122 e. The lowest BCUT2D eigenvalue weighted by molar-refractivity contribution is 0.526. The molecule has 0 spiro atoms. The average molecular weight is 264 g/mol. The molecule has 1 aromatic heterocycles. The third-order valence-electron chi connectivity index (χ3n) is 3.01. The molecule has 2 rings (SSSR count). The van der Waals surface area contributed by atoms with Crippen molar-refractivity contribution in [3.8, 4) is 0 Å². The van der Waals surface area contributed by atoms with Crippen LogP contribution in [-0.4, -0.2) is 15.6 Å². The zero-order valence-corrected chi connectivity index (χ0v) is 11.5. The molecule has 2 aromatic rings. The Morgan fingerprint density at radius 2 is 2.17 bits per heavy atom. The number of imidazole rings is 1. The Kier molecular flexibility index (Phi) is 4.39. The molecule has 0 radical (unpaired) electrons. The lowest BCUT2D eigenvalue weighted by atomic mass is 10.1. The molecule has 4 heteroatoms. The molecule has 1 heterocycles. The van der Waals surface area contributed by atoms with Gasteiger partial charge in [-0.25, -0.2) is 4.98 Å². The summed E-state index contributed by atoms with van der Waals surface area (Å²) in [5.74, 6) is 1.04. The van der Waals surface area contributed by atoms with E-state index >= 15 is 0 Å². The molecule has 0 saturated heterocycles. The monoisotopic (exact) mass is 263 g/mol. The maximum atomic E-state index is 6.15. The fourth-order valence-corrected chi connectivity index (χ4v) is 2.11. The number of benzene rings is 1.